The summed E-state index contributed by atoms with van der Waals surface area (Å²) >= 11 is 16.7. The Bertz CT molecular complexity index is 259. The number of unbranched alkanes of at least 4 members (excludes halogenated alkanes) is 1. The quantitative estimate of drug-likeness (QED) is 0.600. The molecular weight excluding hydrogens is 232 g/mol. The van der Waals surface area contributed by atoms with Crippen LogP contribution in [0.3, 0.4) is 0 Å². The average Bonchev–Trinajstić information content (AvgIpc) is 2.03. The molecule has 0 radical (unpaired) electrons. The molecule has 1 aromatic heterocycles. The zero-order valence-corrected chi connectivity index (χ0v) is 9.07. The first-order valence-electron chi connectivity index (χ1n) is 3.84. The molecule has 1 heterocycles. The zero-order chi connectivity index (χ0) is 9.68. The Morgan fingerprint density at radius 2 is 1.54 bits per heavy atom. The minimum Gasteiger partial charge on any atom is -0.203 e. The van der Waals surface area contributed by atoms with E-state index in [2.05, 4.69) is 15.0 Å². The number of hydrogen-bond donors (Lipinski definition) is 0. The first-order chi connectivity index (χ1) is 6.22. The second-order valence-electron chi connectivity index (χ2n) is 2.44. The lowest BCUT2D eigenvalue weighted by Crippen LogP contribution is -1.98. The van der Waals surface area contributed by atoms with E-state index in [-0.39, 0.29) is 10.6 Å². The molecule has 0 N–H and O–H groups in total. The lowest BCUT2D eigenvalue weighted by atomic mass is 10.2. The Balaban J connectivity index is 2.56. The van der Waals surface area contributed by atoms with Crippen molar-refractivity contribution < 1.29 is 0 Å². The number of aromatic nitrogens is 3. The van der Waals surface area contributed by atoms with Crippen molar-refractivity contribution in [3.8, 4) is 0 Å². The summed E-state index contributed by atoms with van der Waals surface area (Å²) in [4.78, 5) is 11.5. The lowest BCUT2D eigenvalue weighted by Gasteiger charge is -1.98. The number of alkyl halides is 1. The predicted molar refractivity (Wildman–Crippen MR) is 53.5 cm³/mol. The van der Waals surface area contributed by atoms with Crippen molar-refractivity contribution in [1.82, 2.24) is 15.0 Å². The summed E-state index contributed by atoms with van der Waals surface area (Å²) in [6, 6.07) is 0. The van der Waals surface area contributed by atoms with Crippen LogP contribution in [-0.4, -0.2) is 20.8 Å². The molecule has 0 aliphatic carbocycles. The van der Waals surface area contributed by atoms with Gasteiger partial charge >= 0.3 is 0 Å². The minimum atomic E-state index is 0.140. The Labute approximate surface area is 91.5 Å². The van der Waals surface area contributed by atoms with Crippen LogP contribution in [-0.2, 0) is 6.42 Å². The fraction of sp³-hybridized carbons (Fsp3) is 0.571. The highest BCUT2D eigenvalue weighted by Gasteiger charge is 2.02. The molecule has 72 valence electrons. The molecule has 0 unspecified atom stereocenters. The number of aryl methyl sites for hydroxylation is 1. The third kappa shape index (κ3) is 4.07. The molecule has 0 spiro atoms. The zero-order valence-electron chi connectivity index (χ0n) is 6.80. The third-order valence-corrected chi connectivity index (χ3v) is 2.02. The summed E-state index contributed by atoms with van der Waals surface area (Å²) in [5.41, 5.74) is 0. The van der Waals surface area contributed by atoms with E-state index in [0.717, 1.165) is 19.3 Å². The van der Waals surface area contributed by atoms with Crippen LogP contribution in [0.1, 0.15) is 18.7 Å². The molecule has 1 rings (SSSR count). The SMILES string of the molecule is ClCCCCc1nc(Cl)nc(Cl)n1. The Morgan fingerprint density at radius 3 is 2.08 bits per heavy atom. The molecule has 0 saturated carbocycles. The fourth-order valence-corrected chi connectivity index (χ4v) is 1.44. The van der Waals surface area contributed by atoms with Gasteiger partial charge in [0.1, 0.15) is 5.82 Å². The van der Waals surface area contributed by atoms with Crippen molar-refractivity contribution in [2.75, 3.05) is 5.88 Å². The van der Waals surface area contributed by atoms with Gasteiger partial charge in [0, 0.05) is 12.3 Å². The Kier molecular flexibility index (Phi) is 4.70. The van der Waals surface area contributed by atoms with Gasteiger partial charge in [-0.1, -0.05) is 0 Å². The van der Waals surface area contributed by atoms with Gasteiger partial charge in [-0.15, -0.1) is 11.6 Å². The van der Waals surface area contributed by atoms with Crippen LogP contribution < -0.4 is 0 Å². The molecule has 0 bridgehead atoms. The van der Waals surface area contributed by atoms with Crippen molar-refractivity contribution in [3.05, 3.63) is 16.4 Å². The summed E-state index contributed by atoms with van der Waals surface area (Å²) in [6.07, 6.45) is 2.59. The van der Waals surface area contributed by atoms with Gasteiger partial charge in [0.15, 0.2) is 0 Å². The first kappa shape index (κ1) is 11.0. The predicted octanol–water partition coefficient (Wildman–Crippen LogP) is 2.74. The second kappa shape index (κ2) is 5.58. The molecule has 0 aliphatic rings. The highest BCUT2D eigenvalue weighted by molar-refractivity contribution is 6.30. The smallest absolute Gasteiger partial charge is 0.203 e. The molecule has 0 atom stereocenters. The normalized spacial score (nSPS) is 10.4. The van der Waals surface area contributed by atoms with Crippen LogP contribution in [0.4, 0.5) is 0 Å². The first-order valence-corrected chi connectivity index (χ1v) is 5.13. The molecule has 0 amide bonds. The van der Waals surface area contributed by atoms with Crippen LogP contribution in [0.15, 0.2) is 0 Å². The lowest BCUT2D eigenvalue weighted by molar-refractivity contribution is 0.747. The van der Waals surface area contributed by atoms with Crippen molar-refractivity contribution in [2.45, 2.75) is 19.3 Å². The Hall–Kier alpha value is -0.120. The number of halogens is 3. The topological polar surface area (TPSA) is 38.7 Å². The maximum Gasteiger partial charge on any atom is 0.226 e. The van der Waals surface area contributed by atoms with Gasteiger partial charge < -0.3 is 0 Å². The van der Waals surface area contributed by atoms with Gasteiger partial charge in [-0.25, -0.2) is 9.97 Å². The molecule has 0 aliphatic heterocycles. The van der Waals surface area contributed by atoms with E-state index in [9.17, 15) is 0 Å². The van der Waals surface area contributed by atoms with Crippen molar-refractivity contribution in [1.29, 1.82) is 0 Å². The fourth-order valence-electron chi connectivity index (χ4n) is 0.854. The van der Waals surface area contributed by atoms with Crippen LogP contribution in [0.2, 0.25) is 10.6 Å². The summed E-state index contributed by atoms with van der Waals surface area (Å²) < 4.78 is 0. The molecule has 1 aromatic rings. The molecule has 0 fully saturated rings. The van der Waals surface area contributed by atoms with Gasteiger partial charge in [0.05, 0.1) is 0 Å². The van der Waals surface area contributed by atoms with Crippen LogP contribution in [0.25, 0.3) is 0 Å². The van der Waals surface area contributed by atoms with Crippen molar-refractivity contribution >= 4 is 34.8 Å². The van der Waals surface area contributed by atoms with E-state index < -0.39 is 0 Å². The monoisotopic (exact) mass is 239 g/mol. The molecule has 13 heavy (non-hydrogen) atoms. The van der Waals surface area contributed by atoms with Gasteiger partial charge in [-0.3, -0.25) is 0 Å². The molecule has 0 aromatic carbocycles. The van der Waals surface area contributed by atoms with E-state index >= 15 is 0 Å². The number of hydrogen-bond acceptors (Lipinski definition) is 3. The van der Waals surface area contributed by atoms with Gasteiger partial charge in [-0.2, -0.15) is 4.98 Å². The number of rotatable bonds is 4. The minimum absolute atomic E-state index is 0.140. The van der Waals surface area contributed by atoms with Crippen molar-refractivity contribution in [2.24, 2.45) is 0 Å². The summed E-state index contributed by atoms with van der Waals surface area (Å²) in [7, 11) is 0. The average molecular weight is 241 g/mol. The summed E-state index contributed by atoms with van der Waals surface area (Å²) in [5.74, 6) is 1.27. The molecular formula is C7H8Cl3N3. The van der Waals surface area contributed by atoms with Crippen LogP contribution >= 0.6 is 34.8 Å². The van der Waals surface area contributed by atoms with Gasteiger partial charge in [0.2, 0.25) is 10.6 Å². The van der Waals surface area contributed by atoms with E-state index in [1.807, 2.05) is 0 Å². The summed E-state index contributed by atoms with van der Waals surface area (Å²) in [5, 5.41) is 0.279. The maximum atomic E-state index is 5.59. The van der Waals surface area contributed by atoms with E-state index in [4.69, 9.17) is 34.8 Å². The van der Waals surface area contributed by atoms with E-state index in [1.54, 1.807) is 0 Å². The largest absolute Gasteiger partial charge is 0.226 e. The van der Waals surface area contributed by atoms with Gasteiger partial charge in [0.25, 0.3) is 0 Å². The van der Waals surface area contributed by atoms with E-state index in [0.29, 0.717) is 11.7 Å². The van der Waals surface area contributed by atoms with Gasteiger partial charge in [-0.05, 0) is 36.0 Å². The third-order valence-electron chi connectivity index (χ3n) is 1.41. The highest BCUT2D eigenvalue weighted by atomic mass is 35.5. The second-order valence-corrected chi connectivity index (χ2v) is 3.49. The van der Waals surface area contributed by atoms with Crippen molar-refractivity contribution in [3.63, 3.8) is 0 Å². The summed E-state index contributed by atoms with van der Waals surface area (Å²) in [6.45, 7) is 0. The maximum absolute atomic E-state index is 5.59. The van der Waals surface area contributed by atoms with Crippen LogP contribution in [0.5, 0.6) is 0 Å². The standard InChI is InChI=1S/C7H8Cl3N3/c8-4-2-1-3-5-11-6(9)13-7(10)12-5/h1-4H2. The van der Waals surface area contributed by atoms with Crippen LogP contribution in [0, 0.1) is 0 Å². The molecule has 3 nitrogen and oxygen atoms in total. The Morgan fingerprint density at radius 1 is 0.923 bits per heavy atom. The number of nitrogens with zero attached hydrogens (tertiary/aromatic N) is 3. The molecule has 0 saturated heterocycles. The van der Waals surface area contributed by atoms with E-state index in [1.165, 1.54) is 0 Å². The molecule has 6 heteroatoms. The highest BCUT2D eigenvalue weighted by Crippen LogP contribution is 2.08.